The van der Waals surface area contributed by atoms with Gasteiger partial charge >= 0.3 is 6.09 Å². The van der Waals surface area contributed by atoms with E-state index in [1.54, 1.807) is 20.8 Å². The molecule has 1 amide bonds. The first-order valence-electron chi connectivity index (χ1n) is 11.1. The highest BCUT2D eigenvalue weighted by Crippen LogP contribution is 2.32. The van der Waals surface area contributed by atoms with Crippen LogP contribution in [0.25, 0.3) is 16.6 Å². The summed E-state index contributed by atoms with van der Waals surface area (Å²) in [6.07, 6.45) is -0.0484. The van der Waals surface area contributed by atoms with Gasteiger partial charge in [-0.25, -0.2) is 18.6 Å². The SMILES string of the molecule is COc1c(F)cc(-n2c(C3CCN(C(=O)OC(C)(C)C)C3)nc3c(Br)cc(C#N)cc3c2=O)cc1F. The molecular formula is C25H23BrF2N4O4. The van der Waals surface area contributed by atoms with Gasteiger partial charge < -0.3 is 14.4 Å². The van der Waals surface area contributed by atoms with E-state index in [0.717, 1.165) is 23.8 Å². The van der Waals surface area contributed by atoms with E-state index in [0.29, 0.717) is 23.0 Å². The summed E-state index contributed by atoms with van der Waals surface area (Å²) in [6.45, 7) is 5.84. The minimum atomic E-state index is -0.987. The van der Waals surface area contributed by atoms with E-state index < -0.39 is 40.6 Å². The molecule has 0 saturated carbocycles. The fourth-order valence-corrected chi connectivity index (χ4v) is 4.74. The second-order valence-corrected chi connectivity index (χ2v) is 10.3. The lowest BCUT2D eigenvalue weighted by molar-refractivity contribution is 0.0292. The zero-order valence-corrected chi connectivity index (χ0v) is 21.6. The van der Waals surface area contributed by atoms with E-state index in [2.05, 4.69) is 15.9 Å². The first-order chi connectivity index (χ1) is 16.9. The Labute approximate surface area is 214 Å². The molecule has 1 saturated heterocycles. The molecule has 1 fully saturated rings. The number of rotatable bonds is 3. The monoisotopic (exact) mass is 560 g/mol. The fourth-order valence-electron chi connectivity index (χ4n) is 4.19. The second-order valence-electron chi connectivity index (χ2n) is 9.43. The van der Waals surface area contributed by atoms with Crippen LogP contribution in [0.15, 0.2) is 33.5 Å². The molecule has 0 bridgehead atoms. The molecule has 1 aromatic heterocycles. The molecule has 11 heteroatoms. The van der Waals surface area contributed by atoms with E-state index in [4.69, 9.17) is 14.5 Å². The largest absolute Gasteiger partial charge is 0.491 e. The molecule has 4 rings (SSSR count). The molecule has 0 spiro atoms. The quantitative estimate of drug-likeness (QED) is 0.445. The Morgan fingerprint density at radius 3 is 2.47 bits per heavy atom. The van der Waals surface area contributed by atoms with Gasteiger partial charge in [0.1, 0.15) is 11.4 Å². The number of amides is 1. The predicted octanol–water partition coefficient (Wildman–Crippen LogP) is 5.03. The van der Waals surface area contributed by atoms with E-state index in [-0.39, 0.29) is 29.0 Å². The van der Waals surface area contributed by atoms with Crippen LogP contribution in [0.4, 0.5) is 13.6 Å². The number of hydrogen-bond acceptors (Lipinski definition) is 6. The van der Waals surface area contributed by atoms with Gasteiger partial charge in [0.2, 0.25) is 0 Å². The lowest BCUT2D eigenvalue weighted by Crippen LogP contribution is -2.35. The van der Waals surface area contributed by atoms with Crippen LogP contribution >= 0.6 is 15.9 Å². The summed E-state index contributed by atoms with van der Waals surface area (Å²) in [6, 6.07) is 6.89. The van der Waals surface area contributed by atoms with Gasteiger partial charge in [-0.3, -0.25) is 9.36 Å². The highest BCUT2D eigenvalue weighted by atomic mass is 79.9. The minimum absolute atomic E-state index is 0.0885. The van der Waals surface area contributed by atoms with Crippen LogP contribution in [0.2, 0.25) is 0 Å². The van der Waals surface area contributed by atoms with Gasteiger partial charge in [-0.1, -0.05) is 0 Å². The van der Waals surface area contributed by atoms with Crippen LogP contribution in [0.1, 0.15) is 44.5 Å². The predicted molar refractivity (Wildman–Crippen MR) is 131 cm³/mol. The van der Waals surface area contributed by atoms with E-state index in [9.17, 15) is 23.6 Å². The van der Waals surface area contributed by atoms with Crippen molar-refractivity contribution in [3.8, 4) is 17.5 Å². The van der Waals surface area contributed by atoms with Crippen molar-refractivity contribution in [2.45, 2.75) is 38.7 Å². The molecule has 0 radical (unpaired) electrons. The molecule has 3 aromatic rings. The Balaban J connectivity index is 1.91. The molecule has 36 heavy (non-hydrogen) atoms. The second kappa shape index (κ2) is 9.50. The van der Waals surface area contributed by atoms with E-state index in [1.807, 2.05) is 6.07 Å². The van der Waals surface area contributed by atoms with Crippen molar-refractivity contribution in [2.75, 3.05) is 20.2 Å². The zero-order chi connectivity index (χ0) is 26.4. The number of benzene rings is 2. The average Bonchev–Trinajstić information content (AvgIpc) is 3.28. The van der Waals surface area contributed by atoms with Gasteiger partial charge in [0.15, 0.2) is 17.4 Å². The van der Waals surface area contributed by atoms with Crippen molar-refractivity contribution in [2.24, 2.45) is 0 Å². The van der Waals surface area contributed by atoms with Crippen molar-refractivity contribution < 1.29 is 23.0 Å². The smallest absolute Gasteiger partial charge is 0.410 e. The highest BCUT2D eigenvalue weighted by Gasteiger charge is 2.34. The number of hydrogen-bond donors (Lipinski definition) is 0. The molecule has 1 atom stereocenters. The van der Waals surface area contributed by atoms with Crippen molar-refractivity contribution >= 4 is 32.9 Å². The maximum Gasteiger partial charge on any atom is 0.410 e. The van der Waals surface area contributed by atoms with Crippen LogP contribution < -0.4 is 10.3 Å². The molecular weight excluding hydrogens is 538 g/mol. The number of methoxy groups -OCH3 is 1. The number of likely N-dealkylation sites (tertiary alicyclic amines) is 1. The number of halogens is 3. The Kier molecular flexibility index (Phi) is 6.75. The third-order valence-electron chi connectivity index (χ3n) is 5.73. The molecule has 1 unspecified atom stereocenters. The van der Waals surface area contributed by atoms with Crippen LogP contribution in [0, 0.1) is 23.0 Å². The number of fused-ring (bicyclic) bond motifs is 1. The topological polar surface area (TPSA) is 97.4 Å². The van der Waals surface area contributed by atoms with E-state index in [1.165, 1.54) is 17.0 Å². The molecule has 1 aliphatic rings. The van der Waals surface area contributed by atoms with E-state index >= 15 is 0 Å². The first-order valence-corrected chi connectivity index (χ1v) is 11.9. The average molecular weight is 561 g/mol. The third kappa shape index (κ3) is 4.78. The Morgan fingerprint density at radius 2 is 1.89 bits per heavy atom. The third-order valence-corrected chi connectivity index (χ3v) is 6.34. The lowest BCUT2D eigenvalue weighted by atomic mass is 10.1. The molecule has 2 aromatic carbocycles. The summed E-state index contributed by atoms with van der Waals surface area (Å²) >= 11 is 3.37. The summed E-state index contributed by atoms with van der Waals surface area (Å²) in [4.78, 5) is 32.5. The van der Waals surface area contributed by atoms with Crippen molar-refractivity contribution in [1.29, 1.82) is 5.26 Å². The van der Waals surface area contributed by atoms with Crippen molar-refractivity contribution in [3.63, 3.8) is 0 Å². The van der Waals surface area contributed by atoms with Crippen LogP contribution in [-0.4, -0.2) is 46.3 Å². The molecule has 188 valence electrons. The molecule has 0 N–H and O–H groups in total. The normalized spacial score (nSPS) is 15.7. The number of carbonyl (C=O) groups excluding carboxylic acids is 1. The standard InChI is InChI=1S/C25H23BrF2N4O4/c1-25(2,3)36-24(34)31-6-5-14(12-31)22-30-20-16(7-13(11-29)8-17(20)26)23(33)32(22)15-9-18(27)21(35-4)19(28)10-15/h7-10,14H,5-6,12H2,1-4H3. The zero-order valence-electron chi connectivity index (χ0n) is 20.1. The number of ether oxygens (including phenoxy) is 2. The van der Waals surface area contributed by atoms with Gasteiger partial charge in [-0.15, -0.1) is 0 Å². The lowest BCUT2D eigenvalue weighted by Gasteiger charge is -2.24. The number of nitrogens with zero attached hydrogens (tertiary/aromatic N) is 4. The molecule has 0 aliphatic carbocycles. The van der Waals surface area contributed by atoms with Gasteiger partial charge in [0.05, 0.1) is 35.3 Å². The van der Waals surface area contributed by atoms with Gasteiger partial charge in [0.25, 0.3) is 5.56 Å². The summed E-state index contributed by atoms with van der Waals surface area (Å²) < 4.78 is 41.1. The summed E-state index contributed by atoms with van der Waals surface area (Å²) in [5, 5.41) is 9.46. The number of carbonyl (C=O) groups is 1. The Bertz CT molecular complexity index is 1450. The fraction of sp³-hybridized carbons (Fsp3) is 0.360. The molecule has 8 nitrogen and oxygen atoms in total. The first kappa shape index (κ1) is 25.6. The number of aromatic nitrogens is 2. The summed E-state index contributed by atoms with van der Waals surface area (Å²) in [5.74, 6) is -2.75. The Morgan fingerprint density at radius 1 is 1.22 bits per heavy atom. The minimum Gasteiger partial charge on any atom is -0.491 e. The van der Waals surface area contributed by atoms with Crippen LogP contribution in [0.5, 0.6) is 5.75 Å². The molecule has 1 aliphatic heterocycles. The maximum atomic E-state index is 14.6. The van der Waals surface area contributed by atoms with Crippen LogP contribution in [0.3, 0.4) is 0 Å². The van der Waals surface area contributed by atoms with Gasteiger partial charge in [0, 0.05) is 35.6 Å². The van der Waals surface area contributed by atoms with Gasteiger partial charge in [-0.2, -0.15) is 5.26 Å². The highest BCUT2D eigenvalue weighted by molar-refractivity contribution is 9.10. The van der Waals surface area contributed by atoms with Crippen molar-refractivity contribution in [1.82, 2.24) is 14.5 Å². The van der Waals surface area contributed by atoms with Crippen molar-refractivity contribution in [3.05, 3.63) is 62.1 Å². The summed E-state index contributed by atoms with van der Waals surface area (Å²) in [5.41, 5.74) is -0.853. The van der Waals surface area contributed by atoms with Gasteiger partial charge in [-0.05, 0) is 55.3 Å². The summed E-state index contributed by atoms with van der Waals surface area (Å²) in [7, 11) is 1.14. The van der Waals surface area contributed by atoms with Crippen LogP contribution in [-0.2, 0) is 4.74 Å². The molecule has 2 heterocycles. The maximum absolute atomic E-state index is 14.6. The number of nitriles is 1. The Hall–Kier alpha value is -3.52.